The van der Waals surface area contributed by atoms with Crippen LogP contribution in [0.3, 0.4) is 0 Å². The Balaban J connectivity index is 2.10. The predicted octanol–water partition coefficient (Wildman–Crippen LogP) is 4.87. The molecule has 2 rings (SSSR count). The molecule has 0 saturated carbocycles. The second-order valence-electron chi connectivity index (χ2n) is 4.22. The van der Waals surface area contributed by atoms with Crippen LogP contribution in [0.4, 0.5) is 5.69 Å². The van der Waals surface area contributed by atoms with E-state index < -0.39 is 0 Å². The summed E-state index contributed by atoms with van der Waals surface area (Å²) < 4.78 is 7.10. The lowest BCUT2D eigenvalue weighted by atomic mass is 10.2. The molecule has 0 unspecified atom stereocenters. The first-order chi connectivity index (χ1) is 10.1. The van der Waals surface area contributed by atoms with Crippen molar-refractivity contribution >= 4 is 49.5 Å². The molecule has 0 heterocycles. The molecule has 0 atom stereocenters. The molecule has 0 spiro atoms. The van der Waals surface area contributed by atoms with Gasteiger partial charge in [0.25, 0.3) is 0 Å². The van der Waals surface area contributed by atoms with Crippen LogP contribution in [0.25, 0.3) is 6.08 Å². The van der Waals surface area contributed by atoms with Gasteiger partial charge in [0, 0.05) is 26.3 Å². The van der Waals surface area contributed by atoms with Gasteiger partial charge in [-0.3, -0.25) is 4.79 Å². The number of ether oxygens (including phenoxy) is 1. The lowest BCUT2D eigenvalue weighted by Crippen LogP contribution is -2.07. The molecule has 0 aromatic heterocycles. The quantitative estimate of drug-likeness (QED) is 0.730. The van der Waals surface area contributed by atoms with Crippen molar-refractivity contribution in [2.75, 3.05) is 12.4 Å². The first-order valence-corrected chi connectivity index (χ1v) is 7.75. The molecule has 2 aromatic carbocycles. The highest BCUT2D eigenvalue weighted by molar-refractivity contribution is 9.10. The molecule has 0 radical (unpaired) electrons. The highest BCUT2D eigenvalue weighted by Crippen LogP contribution is 2.24. The van der Waals surface area contributed by atoms with Gasteiger partial charge in [0.2, 0.25) is 5.91 Å². The van der Waals surface area contributed by atoms with Crippen LogP contribution in [0.15, 0.2) is 57.5 Å². The predicted molar refractivity (Wildman–Crippen MR) is 92.5 cm³/mol. The normalized spacial score (nSPS) is 10.6. The van der Waals surface area contributed by atoms with Gasteiger partial charge in [-0.1, -0.05) is 37.9 Å². The Hall–Kier alpha value is -1.59. The fourth-order valence-corrected chi connectivity index (χ4v) is 2.53. The number of halogens is 2. The molecule has 108 valence electrons. The van der Waals surface area contributed by atoms with Gasteiger partial charge in [0.15, 0.2) is 0 Å². The molecule has 21 heavy (non-hydrogen) atoms. The van der Waals surface area contributed by atoms with E-state index in [-0.39, 0.29) is 5.91 Å². The van der Waals surface area contributed by atoms with Crippen molar-refractivity contribution in [2.45, 2.75) is 0 Å². The first kappa shape index (κ1) is 15.8. The zero-order valence-electron chi connectivity index (χ0n) is 11.3. The fraction of sp³-hybridized carbons (Fsp3) is 0.0625. The monoisotopic (exact) mass is 409 g/mol. The van der Waals surface area contributed by atoms with Gasteiger partial charge in [0.05, 0.1) is 7.11 Å². The van der Waals surface area contributed by atoms with E-state index in [1.54, 1.807) is 13.2 Å². The zero-order chi connectivity index (χ0) is 15.2. The van der Waals surface area contributed by atoms with Crippen LogP contribution in [0.2, 0.25) is 0 Å². The van der Waals surface area contributed by atoms with Crippen molar-refractivity contribution in [3.05, 3.63) is 63.0 Å². The number of hydrogen-bond acceptors (Lipinski definition) is 2. The minimum Gasteiger partial charge on any atom is -0.496 e. The largest absolute Gasteiger partial charge is 0.496 e. The van der Waals surface area contributed by atoms with Crippen LogP contribution in [-0.2, 0) is 4.79 Å². The third-order valence-electron chi connectivity index (χ3n) is 2.70. The van der Waals surface area contributed by atoms with Crippen molar-refractivity contribution in [2.24, 2.45) is 0 Å². The SMILES string of the molecule is COc1ccc(Br)cc1C=CC(=O)Nc1cccc(Br)c1. The number of amides is 1. The number of methoxy groups -OCH3 is 1. The van der Waals surface area contributed by atoms with E-state index in [4.69, 9.17) is 4.74 Å². The summed E-state index contributed by atoms with van der Waals surface area (Å²) in [6, 6.07) is 13.1. The standard InChI is InChI=1S/C16H13Br2NO2/c1-21-15-7-6-13(18)9-11(15)5-8-16(20)19-14-4-2-3-12(17)10-14/h2-10H,1H3,(H,19,20). The topological polar surface area (TPSA) is 38.3 Å². The lowest BCUT2D eigenvalue weighted by Gasteiger charge is -2.05. The van der Waals surface area contributed by atoms with Gasteiger partial charge in [0.1, 0.15) is 5.75 Å². The van der Waals surface area contributed by atoms with Crippen molar-refractivity contribution in [1.29, 1.82) is 0 Å². The Labute approximate surface area is 140 Å². The maximum Gasteiger partial charge on any atom is 0.248 e. The van der Waals surface area contributed by atoms with Crippen molar-refractivity contribution < 1.29 is 9.53 Å². The Bertz CT molecular complexity index is 684. The number of carbonyl (C=O) groups is 1. The molecule has 0 fully saturated rings. The minimum atomic E-state index is -0.199. The Morgan fingerprint density at radius 2 is 1.90 bits per heavy atom. The molecule has 1 N–H and O–H groups in total. The van der Waals surface area contributed by atoms with Gasteiger partial charge < -0.3 is 10.1 Å². The number of anilines is 1. The number of benzene rings is 2. The third kappa shape index (κ3) is 4.72. The molecule has 0 aliphatic rings. The average Bonchev–Trinajstić information content (AvgIpc) is 2.45. The van der Waals surface area contributed by atoms with E-state index in [2.05, 4.69) is 37.2 Å². The highest BCUT2D eigenvalue weighted by atomic mass is 79.9. The Kier molecular flexibility index (Phi) is 5.59. The molecule has 5 heteroatoms. The molecule has 0 aliphatic carbocycles. The summed E-state index contributed by atoms with van der Waals surface area (Å²) in [5.41, 5.74) is 1.57. The smallest absolute Gasteiger partial charge is 0.248 e. The molecular formula is C16H13Br2NO2. The summed E-state index contributed by atoms with van der Waals surface area (Å²) in [7, 11) is 1.60. The van der Waals surface area contributed by atoms with Crippen molar-refractivity contribution in [3.8, 4) is 5.75 Å². The summed E-state index contributed by atoms with van der Waals surface area (Å²) in [6.07, 6.45) is 3.20. The van der Waals surface area contributed by atoms with Gasteiger partial charge >= 0.3 is 0 Å². The number of rotatable bonds is 4. The molecule has 0 bridgehead atoms. The van der Waals surface area contributed by atoms with E-state index in [1.165, 1.54) is 6.08 Å². The molecular weight excluding hydrogens is 398 g/mol. The van der Waals surface area contributed by atoms with E-state index in [1.807, 2.05) is 42.5 Å². The molecule has 2 aromatic rings. The number of carbonyl (C=O) groups excluding carboxylic acids is 1. The van der Waals surface area contributed by atoms with Gasteiger partial charge in [-0.25, -0.2) is 0 Å². The molecule has 0 aliphatic heterocycles. The number of nitrogens with one attached hydrogen (secondary N) is 1. The van der Waals surface area contributed by atoms with Crippen molar-refractivity contribution in [3.63, 3.8) is 0 Å². The third-order valence-corrected chi connectivity index (χ3v) is 3.68. The van der Waals surface area contributed by atoms with Gasteiger partial charge in [-0.15, -0.1) is 0 Å². The van der Waals surface area contributed by atoms with Gasteiger partial charge in [-0.2, -0.15) is 0 Å². The Morgan fingerprint density at radius 1 is 1.14 bits per heavy atom. The summed E-state index contributed by atoms with van der Waals surface area (Å²) >= 11 is 6.76. The van der Waals surface area contributed by atoms with Crippen LogP contribution in [-0.4, -0.2) is 13.0 Å². The van der Waals surface area contributed by atoms with E-state index in [0.29, 0.717) is 5.75 Å². The van der Waals surface area contributed by atoms with Crippen LogP contribution in [0.5, 0.6) is 5.75 Å². The summed E-state index contributed by atoms with van der Waals surface area (Å²) in [5.74, 6) is 0.514. The average molecular weight is 411 g/mol. The van der Waals surface area contributed by atoms with E-state index >= 15 is 0 Å². The molecule has 1 amide bonds. The second kappa shape index (κ2) is 7.43. The molecule has 3 nitrogen and oxygen atoms in total. The number of hydrogen-bond donors (Lipinski definition) is 1. The van der Waals surface area contributed by atoms with E-state index in [0.717, 1.165) is 20.2 Å². The summed E-state index contributed by atoms with van der Waals surface area (Å²) in [6.45, 7) is 0. The van der Waals surface area contributed by atoms with Gasteiger partial charge in [-0.05, 0) is 42.5 Å². The van der Waals surface area contributed by atoms with E-state index in [9.17, 15) is 4.79 Å². The summed E-state index contributed by atoms with van der Waals surface area (Å²) in [5, 5.41) is 2.80. The Morgan fingerprint density at radius 3 is 2.62 bits per heavy atom. The zero-order valence-corrected chi connectivity index (χ0v) is 14.4. The highest BCUT2D eigenvalue weighted by Gasteiger charge is 2.02. The van der Waals surface area contributed by atoms with Crippen LogP contribution < -0.4 is 10.1 Å². The first-order valence-electron chi connectivity index (χ1n) is 6.16. The minimum absolute atomic E-state index is 0.199. The fourth-order valence-electron chi connectivity index (χ4n) is 1.75. The maximum atomic E-state index is 11.9. The van der Waals surface area contributed by atoms with Crippen LogP contribution >= 0.6 is 31.9 Å². The molecule has 0 saturated heterocycles. The summed E-state index contributed by atoms with van der Waals surface area (Å²) in [4.78, 5) is 11.9. The maximum absolute atomic E-state index is 11.9. The van der Waals surface area contributed by atoms with Crippen LogP contribution in [0.1, 0.15) is 5.56 Å². The second-order valence-corrected chi connectivity index (χ2v) is 6.05. The lowest BCUT2D eigenvalue weighted by molar-refractivity contribution is -0.111. The van der Waals surface area contributed by atoms with Crippen molar-refractivity contribution in [1.82, 2.24) is 0 Å². The van der Waals surface area contributed by atoms with Crippen LogP contribution in [0, 0.1) is 0 Å².